The normalized spacial score (nSPS) is 13.2. The van der Waals surface area contributed by atoms with Crippen molar-refractivity contribution in [2.45, 2.75) is 96.2 Å². The fourth-order valence-electron chi connectivity index (χ4n) is 3.51. The number of hydrogen-bond donors (Lipinski definition) is 0. The lowest BCUT2D eigenvalue weighted by Crippen LogP contribution is -2.28. The van der Waals surface area contributed by atoms with Crippen molar-refractivity contribution in [1.29, 1.82) is 0 Å². The third kappa shape index (κ3) is 8.96. The summed E-state index contributed by atoms with van der Waals surface area (Å²) in [6, 6.07) is 14.8. The van der Waals surface area contributed by atoms with Gasteiger partial charge in [-0.2, -0.15) is 11.1 Å². The first-order valence-corrected chi connectivity index (χ1v) is 13.5. The molecule has 0 aromatic heterocycles. The van der Waals surface area contributed by atoms with Crippen LogP contribution in [0.3, 0.4) is 0 Å². The summed E-state index contributed by atoms with van der Waals surface area (Å²) in [7, 11) is -1.62. The average Bonchev–Trinajstić information content (AvgIpc) is 2.57. The number of unbranched alkanes of at least 4 members (excludes halogenated alkanes) is 6. The minimum Gasteiger partial charge on any atom is -0.167 e. The van der Waals surface area contributed by atoms with Crippen molar-refractivity contribution in [2.24, 2.45) is 0 Å². The number of rotatable bonds is 13. The maximum atomic E-state index is 7.28. The third-order valence-corrected chi connectivity index (χ3v) is 10.4. The molecule has 0 heterocycles. The van der Waals surface area contributed by atoms with Crippen molar-refractivity contribution < 1.29 is 0 Å². The highest BCUT2D eigenvalue weighted by atomic mass is 35.6. The van der Waals surface area contributed by atoms with Gasteiger partial charge in [-0.3, -0.25) is 0 Å². The fraction of sp³-hybridized carbons (Fsp3) is 0.714. The Hall–Kier alpha value is -0.273. The second-order valence-corrected chi connectivity index (χ2v) is 13.4. The Morgan fingerprint density at radius 1 is 0.826 bits per heavy atom. The first kappa shape index (κ1) is 20.8. The Morgan fingerprint density at radius 3 is 1.83 bits per heavy atom. The van der Waals surface area contributed by atoms with E-state index in [1.807, 2.05) is 0 Å². The summed E-state index contributed by atoms with van der Waals surface area (Å²) in [6.07, 6.45) is 10.8. The highest BCUT2D eigenvalue weighted by molar-refractivity contribution is 7.20. The molecule has 0 saturated carbocycles. The molecule has 132 valence electrons. The Kier molecular flexibility index (Phi) is 11.0. The molecule has 0 fully saturated rings. The second-order valence-electron chi connectivity index (χ2n) is 7.29. The molecule has 0 radical (unpaired) electrons. The molecule has 1 rings (SSSR count). The molecule has 23 heavy (non-hydrogen) atoms. The molecule has 1 atom stereocenters. The maximum Gasteiger partial charge on any atom is 0.157 e. The van der Waals surface area contributed by atoms with Crippen LogP contribution in [0.15, 0.2) is 30.3 Å². The quantitative estimate of drug-likeness (QED) is 0.191. The highest BCUT2D eigenvalue weighted by Gasteiger charge is 2.31. The van der Waals surface area contributed by atoms with E-state index in [4.69, 9.17) is 11.1 Å². The van der Waals surface area contributed by atoms with Crippen molar-refractivity contribution in [2.75, 3.05) is 0 Å². The van der Waals surface area contributed by atoms with Crippen LogP contribution in [0.2, 0.25) is 18.1 Å². The van der Waals surface area contributed by atoms with Crippen LogP contribution < -0.4 is 0 Å². The second kappa shape index (κ2) is 12.1. The first-order chi connectivity index (χ1) is 11.1. The van der Waals surface area contributed by atoms with E-state index < -0.39 is 7.38 Å². The lowest BCUT2D eigenvalue weighted by atomic mass is 10.0. The van der Waals surface area contributed by atoms with Crippen LogP contribution in [-0.4, -0.2) is 7.38 Å². The molecule has 0 N–H and O–H groups in total. The Balaban J connectivity index is 2.57. The van der Waals surface area contributed by atoms with Gasteiger partial charge in [0.1, 0.15) is 0 Å². The van der Waals surface area contributed by atoms with Crippen molar-refractivity contribution in [1.82, 2.24) is 0 Å². The van der Waals surface area contributed by atoms with Crippen LogP contribution in [0.4, 0.5) is 0 Å². The standard InChI is InChI=1S/C21H37ClSi/c1-4-6-8-13-17-23(22,18-14-9-7-5-2)19-20(3)21-15-11-10-12-16-21/h10-12,15-16,20H,4-9,13-14,17-19H2,1-3H3/t20-/m1/s1. The lowest BCUT2D eigenvalue weighted by molar-refractivity contribution is 0.678. The fourth-order valence-corrected chi connectivity index (χ4v) is 8.77. The van der Waals surface area contributed by atoms with Crippen LogP contribution in [0.25, 0.3) is 0 Å². The molecular formula is C21H37ClSi. The summed E-state index contributed by atoms with van der Waals surface area (Å²) in [6.45, 7) is 6.94. The molecule has 0 bridgehead atoms. The molecule has 0 unspecified atom stereocenters. The van der Waals surface area contributed by atoms with Gasteiger partial charge in [-0.05, 0) is 29.6 Å². The summed E-state index contributed by atoms with van der Waals surface area (Å²) in [4.78, 5) is 0. The lowest BCUT2D eigenvalue weighted by Gasteiger charge is -2.28. The van der Waals surface area contributed by atoms with Gasteiger partial charge in [0.05, 0.1) is 0 Å². The van der Waals surface area contributed by atoms with Crippen LogP contribution in [0.1, 0.15) is 83.6 Å². The summed E-state index contributed by atoms with van der Waals surface area (Å²) < 4.78 is 0. The van der Waals surface area contributed by atoms with E-state index in [1.165, 1.54) is 75.1 Å². The van der Waals surface area contributed by atoms with Crippen molar-refractivity contribution in [3.05, 3.63) is 35.9 Å². The van der Waals surface area contributed by atoms with Gasteiger partial charge in [0.25, 0.3) is 0 Å². The van der Waals surface area contributed by atoms with Gasteiger partial charge in [-0.1, -0.05) is 102 Å². The maximum absolute atomic E-state index is 7.28. The van der Waals surface area contributed by atoms with Crippen LogP contribution in [0, 0.1) is 0 Å². The number of halogens is 1. The zero-order valence-corrected chi connectivity index (χ0v) is 17.4. The van der Waals surface area contributed by atoms with E-state index in [0.29, 0.717) is 5.92 Å². The van der Waals surface area contributed by atoms with E-state index >= 15 is 0 Å². The number of hydrogen-bond acceptors (Lipinski definition) is 0. The minimum atomic E-state index is -1.62. The van der Waals surface area contributed by atoms with Crippen LogP contribution in [0.5, 0.6) is 0 Å². The largest absolute Gasteiger partial charge is 0.167 e. The summed E-state index contributed by atoms with van der Waals surface area (Å²) in [5, 5.41) is 0. The van der Waals surface area contributed by atoms with Crippen molar-refractivity contribution in [3.8, 4) is 0 Å². The van der Waals surface area contributed by atoms with Gasteiger partial charge in [-0.15, -0.1) is 0 Å². The van der Waals surface area contributed by atoms with E-state index in [9.17, 15) is 0 Å². The van der Waals surface area contributed by atoms with E-state index in [0.717, 1.165) is 0 Å². The van der Waals surface area contributed by atoms with Gasteiger partial charge in [-0.25, -0.2) is 0 Å². The Morgan fingerprint density at radius 2 is 1.35 bits per heavy atom. The molecule has 0 aliphatic heterocycles. The van der Waals surface area contributed by atoms with Gasteiger partial charge >= 0.3 is 0 Å². The highest BCUT2D eigenvalue weighted by Crippen LogP contribution is 2.37. The van der Waals surface area contributed by atoms with Gasteiger partial charge in [0.15, 0.2) is 7.38 Å². The van der Waals surface area contributed by atoms with Gasteiger partial charge in [0.2, 0.25) is 0 Å². The molecule has 0 saturated heterocycles. The molecule has 1 aromatic carbocycles. The zero-order valence-electron chi connectivity index (χ0n) is 15.6. The van der Waals surface area contributed by atoms with E-state index in [-0.39, 0.29) is 0 Å². The average molecular weight is 353 g/mol. The molecule has 1 aromatic rings. The molecule has 0 aliphatic carbocycles. The van der Waals surface area contributed by atoms with Gasteiger partial charge in [0, 0.05) is 0 Å². The molecule has 0 nitrogen and oxygen atoms in total. The smallest absolute Gasteiger partial charge is 0.157 e. The SMILES string of the molecule is CCCCCC[Si](Cl)(CCCCCC)C[C@@H](C)c1ccccc1. The molecule has 0 amide bonds. The first-order valence-electron chi connectivity index (χ1n) is 9.85. The molecular weight excluding hydrogens is 316 g/mol. The molecule has 0 spiro atoms. The van der Waals surface area contributed by atoms with Gasteiger partial charge < -0.3 is 0 Å². The summed E-state index contributed by atoms with van der Waals surface area (Å²) in [5.74, 6) is 0.609. The third-order valence-electron chi connectivity index (χ3n) is 5.00. The summed E-state index contributed by atoms with van der Waals surface area (Å²) >= 11 is 7.28. The Bertz CT molecular complexity index is 378. The summed E-state index contributed by atoms with van der Waals surface area (Å²) in [5.41, 5.74) is 1.46. The number of benzene rings is 1. The van der Waals surface area contributed by atoms with Crippen molar-refractivity contribution in [3.63, 3.8) is 0 Å². The zero-order chi connectivity index (χ0) is 17.0. The predicted molar refractivity (Wildman–Crippen MR) is 109 cm³/mol. The molecule has 2 heteroatoms. The topological polar surface area (TPSA) is 0 Å². The predicted octanol–water partition coefficient (Wildman–Crippen LogP) is 8.14. The Labute approximate surface area is 150 Å². The molecule has 0 aliphatic rings. The van der Waals surface area contributed by atoms with Crippen LogP contribution >= 0.6 is 11.1 Å². The monoisotopic (exact) mass is 352 g/mol. The minimum absolute atomic E-state index is 0.609. The van der Waals surface area contributed by atoms with Crippen LogP contribution in [-0.2, 0) is 0 Å². The van der Waals surface area contributed by atoms with E-state index in [1.54, 1.807) is 0 Å². The van der Waals surface area contributed by atoms with E-state index in [2.05, 4.69) is 51.1 Å². The van der Waals surface area contributed by atoms with Crippen molar-refractivity contribution >= 4 is 18.5 Å².